The first-order valence-electron chi connectivity index (χ1n) is 12.8. The Kier molecular flexibility index (Phi) is 9.45. The van der Waals surface area contributed by atoms with E-state index in [1.807, 2.05) is 73.7 Å². The van der Waals surface area contributed by atoms with E-state index < -0.39 is 5.76 Å². The molecule has 39 heavy (non-hydrogen) atoms. The first-order valence-corrected chi connectivity index (χ1v) is 12.8. The summed E-state index contributed by atoms with van der Waals surface area (Å²) in [5.41, 5.74) is 6.08. The van der Waals surface area contributed by atoms with E-state index in [2.05, 4.69) is 22.0 Å². The van der Waals surface area contributed by atoms with E-state index in [0.29, 0.717) is 24.6 Å². The fourth-order valence-electron chi connectivity index (χ4n) is 4.62. The molecule has 0 radical (unpaired) electrons. The zero-order valence-electron chi connectivity index (χ0n) is 21.5. The van der Waals surface area contributed by atoms with Gasteiger partial charge in [0.2, 0.25) is 0 Å². The number of aryl methyl sites for hydroxylation is 2. The summed E-state index contributed by atoms with van der Waals surface area (Å²) in [4.78, 5) is 37.1. The van der Waals surface area contributed by atoms with E-state index in [9.17, 15) is 9.59 Å². The van der Waals surface area contributed by atoms with Crippen molar-refractivity contribution in [3.8, 4) is 22.5 Å². The average molecular weight is 532 g/mol. The van der Waals surface area contributed by atoms with Crippen molar-refractivity contribution in [2.75, 3.05) is 0 Å². The summed E-state index contributed by atoms with van der Waals surface area (Å²) < 4.78 is 6.42. The molecule has 3 heterocycles. The number of hydrogen-bond acceptors (Lipinski definition) is 6. The number of nitrogens with zero attached hydrogens (tertiary/aromatic N) is 4. The zero-order chi connectivity index (χ0) is 26.5. The van der Waals surface area contributed by atoms with Gasteiger partial charge in [0, 0.05) is 23.7 Å². The van der Waals surface area contributed by atoms with E-state index in [1.54, 1.807) is 10.8 Å². The summed E-state index contributed by atoms with van der Waals surface area (Å²) in [6, 6.07) is 21.5. The van der Waals surface area contributed by atoms with Crippen LogP contribution in [0.3, 0.4) is 0 Å². The van der Waals surface area contributed by atoms with Crippen LogP contribution in [0.4, 0.5) is 0 Å². The normalized spacial score (nSPS) is 10.8. The summed E-state index contributed by atoms with van der Waals surface area (Å²) in [6.45, 7) is 4.41. The van der Waals surface area contributed by atoms with E-state index in [4.69, 9.17) is 9.51 Å². The van der Waals surface area contributed by atoms with Crippen LogP contribution in [-0.2, 0) is 19.4 Å². The molecule has 0 atom stereocenters. The van der Waals surface area contributed by atoms with Crippen LogP contribution in [0.5, 0.6) is 0 Å². The molecule has 5 aromatic rings. The Morgan fingerprint density at radius 3 is 2.36 bits per heavy atom. The van der Waals surface area contributed by atoms with Gasteiger partial charge in [-0.1, -0.05) is 73.1 Å². The minimum absolute atomic E-state index is 0. The zero-order valence-corrected chi connectivity index (χ0v) is 21.5. The number of aromatic amines is 1. The van der Waals surface area contributed by atoms with Crippen LogP contribution < -0.4 is 11.3 Å². The van der Waals surface area contributed by atoms with Crippen molar-refractivity contribution < 1.29 is 4.52 Å². The standard InChI is InChI=1S/C30H29N5O3.Na.H/c1-3-4-12-27-26(29(36)35(20(2)32-27)19-23-9-7-8-17-31-23)18-21-13-15-22(16-14-21)24-10-5-6-11-25(24)28-33-30(37)38-34-28;;/h5-11,13-17H,3-4,12,18-19H2,1-2H3,(H,33,34,37);;. The van der Waals surface area contributed by atoms with Crippen molar-refractivity contribution in [3.63, 3.8) is 0 Å². The third kappa shape index (κ3) is 6.53. The molecule has 0 unspecified atom stereocenters. The van der Waals surface area contributed by atoms with Crippen molar-refractivity contribution >= 4 is 29.6 Å². The third-order valence-corrected chi connectivity index (χ3v) is 6.62. The number of benzene rings is 2. The fraction of sp³-hybridized carbons (Fsp3) is 0.233. The van der Waals surface area contributed by atoms with E-state index in [0.717, 1.165) is 58.5 Å². The second-order valence-corrected chi connectivity index (χ2v) is 9.26. The van der Waals surface area contributed by atoms with Crippen LogP contribution in [0.2, 0.25) is 0 Å². The Labute approximate surface area is 248 Å². The second-order valence-electron chi connectivity index (χ2n) is 9.26. The number of unbranched alkanes of at least 4 members (excludes halogenated alkanes) is 1. The SMILES string of the molecule is CCCCc1nc(C)n(Cc2ccccn2)c(=O)c1Cc1ccc(-c2ccccc2-c2noc(=O)[nH]2)cc1.[NaH]. The van der Waals surface area contributed by atoms with E-state index in [1.165, 1.54) is 0 Å². The van der Waals surface area contributed by atoms with Gasteiger partial charge >= 0.3 is 35.3 Å². The maximum atomic E-state index is 13.7. The van der Waals surface area contributed by atoms with Crippen molar-refractivity contribution in [2.24, 2.45) is 0 Å². The number of nitrogens with one attached hydrogen (secondary N) is 1. The summed E-state index contributed by atoms with van der Waals surface area (Å²) in [5, 5.41) is 3.84. The molecule has 194 valence electrons. The Morgan fingerprint density at radius 1 is 0.949 bits per heavy atom. The van der Waals surface area contributed by atoms with Crippen LogP contribution in [0.1, 0.15) is 48.1 Å². The van der Waals surface area contributed by atoms with Crippen LogP contribution in [0.25, 0.3) is 22.5 Å². The van der Waals surface area contributed by atoms with Gasteiger partial charge in [0.05, 0.1) is 17.9 Å². The van der Waals surface area contributed by atoms with Crippen molar-refractivity contribution in [2.45, 2.75) is 46.1 Å². The van der Waals surface area contributed by atoms with Gasteiger partial charge in [-0.2, -0.15) is 0 Å². The topological polar surface area (TPSA) is 107 Å². The number of rotatable bonds is 9. The number of aromatic nitrogens is 5. The molecule has 5 rings (SSSR count). The predicted molar refractivity (Wildman–Crippen MR) is 153 cm³/mol. The molecule has 2 aromatic carbocycles. The molecule has 0 aliphatic carbocycles. The molecule has 1 N–H and O–H groups in total. The predicted octanol–water partition coefficient (Wildman–Crippen LogP) is 4.29. The fourth-order valence-corrected chi connectivity index (χ4v) is 4.62. The van der Waals surface area contributed by atoms with Gasteiger partial charge < -0.3 is 0 Å². The van der Waals surface area contributed by atoms with Crippen LogP contribution in [0, 0.1) is 6.92 Å². The Bertz CT molecular complexity index is 1660. The van der Waals surface area contributed by atoms with Gasteiger partial charge in [-0.3, -0.25) is 23.9 Å². The van der Waals surface area contributed by atoms with Gasteiger partial charge in [0.1, 0.15) is 5.82 Å². The number of hydrogen-bond donors (Lipinski definition) is 1. The van der Waals surface area contributed by atoms with Gasteiger partial charge in [-0.15, -0.1) is 0 Å². The van der Waals surface area contributed by atoms with Crippen LogP contribution in [-0.4, -0.2) is 54.2 Å². The average Bonchev–Trinajstić information content (AvgIpc) is 3.38. The van der Waals surface area contributed by atoms with Gasteiger partial charge in [0.25, 0.3) is 5.56 Å². The Morgan fingerprint density at radius 2 is 1.69 bits per heavy atom. The molecule has 3 aromatic heterocycles. The monoisotopic (exact) mass is 531 g/mol. The summed E-state index contributed by atoms with van der Waals surface area (Å²) in [5.74, 6) is 0.493. The molecule has 0 saturated heterocycles. The molecule has 0 spiro atoms. The molecular weight excluding hydrogens is 501 g/mol. The molecule has 9 heteroatoms. The molecule has 0 aliphatic heterocycles. The van der Waals surface area contributed by atoms with Crippen molar-refractivity contribution in [3.05, 3.63) is 122 Å². The Balaban J connectivity index is 0.00000353. The Hall–Kier alpha value is -3.59. The molecule has 0 aliphatic rings. The summed E-state index contributed by atoms with van der Waals surface area (Å²) in [6.07, 6.45) is 5.00. The van der Waals surface area contributed by atoms with Crippen molar-refractivity contribution in [1.29, 1.82) is 0 Å². The van der Waals surface area contributed by atoms with Gasteiger partial charge in [0.15, 0.2) is 5.82 Å². The molecular formula is C30H30N5NaO3. The van der Waals surface area contributed by atoms with Gasteiger partial charge in [-0.05, 0) is 48.6 Å². The maximum absolute atomic E-state index is 13.7. The van der Waals surface area contributed by atoms with Crippen LogP contribution >= 0.6 is 0 Å². The molecule has 0 saturated carbocycles. The van der Waals surface area contributed by atoms with Crippen molar-refractivity contribution in [1.82, 2.24) is 24.7 Å². The van der Waals surface area contributed by atoms with E-state index in [-0.39, 0.29) is 35.1 Å². The molecule has 0 bridgehead atoms. The molecule has 0 fully saturated rings. The van der Waals surface area contributed by atoms with Gasteiger partial charge in [-0.25, -0.2) is 9.78 Å². The van der Waals surface area contributed by atoms with Crippen LogP contribution in [0.15, 0.2) is 87.0 Å². The molecule has 8 nitrogen and oxygen atoms in total. The minimum atomic E-state index is -0.593. The summed E-state index contributed by atoms with van der Waals surface area (Å²) in [7, 11) is 0. The number of H-pyrrole nitrogens is 1. The summed E-state index contributed by atoms with van der Waals surface area (Å²) >= 11 is 0. The first-order chi connectivity index (χ1) is 18.5. The third-order valence-electron chi connectivity index (χ3n) is 6.62. The van der Waals surface area contributed by atoms with E-state index >= 15 is 0 Å². The second kappa shape index (κ2) is 13.0. The molecule has 0 amide bonds. The number of pyridine rings is 1. The quantitative estimate of drug-likeness (QED) is 0.285. The first kappa shape index (κ1) is 28.4.